The maximum atomic E-state index is 12.3. The molecular formula is C20H24ClN3O. The Labute approximate surface area is 154 Å². The molecule has 2 N–H and O–H groups in total. The topological polar surface area (TPSA) is 54.0 Å². The fourth-order valence-corrected chi connectivity index (χ4v) is 3.46. The molecule has 1 aromatic heterocycles. The highest BCUT2D eigenvalue weighted by molar-refractivity contribution is 6.30. The molecule has 1 aliphatic rings. The van der Waals surface area contributed by atoms with Crippen LogP contribution in [0, 0.1) is 11.8 Å². The van der Waals surface area contributed by atoms with Gasteiger partial charge >= 0.3 is 0 Å². The lowest BCUT2D eigenvalue weighted by molar-refractivity contribution is -0.121. The quantitative estimate of drug-likeness (QED) is 0.811. The molecule has 3 rings (SSSR count). The minimum atomic E-state index is 0.126. The van der Waals surface area contributed by atoms with Crippen molar-refractivity contribution in [2.45, 2.75) is 32.2 Å². The highest BCUT2D eigenvalue weighted by Gasteiger charge is 2.26. The van der Waals surface area contributed by atoms with Crippen LogP contribution in [0.25, 0.3) is 0 Å². The van der Waals surface area contributed by atoms with Crippen LogP contribution in [0.1, 0.15) is 31.2 Å². The molecule has 0 unspecified atom stereocenters. The number of hydrogen-bond acceptors (Lipinski definition) is 3. The Hall–Kier alpha value is -1.91. The highest BCUT2D eigenvalue weighted by atomic mass is 35.5. The average molecular weight is 358 g/mol. The number of carbonyl (C=O) groups excluding carboxylic acids is 1. The van der Waals surface area contributed by atoms with Crippen molar-refractivity contribution in [2.24, 2.45) is 11.8 Å². The number of amides is 1. The molecule has 1 amide bonds. The van der Waals surface area contributed by atoms with Crippen molar-refractivity contribution in [2.75, 3.05) is 11.9 Å². The first-order valence-corrected chi connectivity index (χ1v) is 9.24. The van der Waals surface area contributed by atoms with Crippen molar-refractivity contribution in [1.29, 1.82) is 0 Å². The van der Waals surface area contributed by atoms with Crippen LogP contribution in [-0.4, -0.2) is 17.4 Å². The van der Waals surface area contributed by atoms with Crippen LogP contribution in [0.5, 0.6) is 0 Å². The number of hydrogen-bond donors (Lipinski definition) is 2. The summed E-state index contributed by atoms with van der Waals surface area (Å²) >= 11 is 5.90. The van der Waals surface area contributed by atoms with Gasteiger partial charge in [-0.2, -0.15) is 0 Å². The average Bonchev–Trinajstić information content (AvgIpc) is 2.65. The number of pyridine rings is 1. The molecule has 0 bridgehead atoms. The lowest BCUT2D eigenvalue weighted by Gasteiger charge is -2.28. The Kier molecular flexibility index (Phi) is 6.42. The second-order valence-electron chi connectivity index (χ2n) is 6.70. The minimum absolute atomic E-state index is 0.126. The van der Waals surface area contributed by atoms with Crippen LogP contribution in [0.2, 0.25) is 5.02 Å². The van der Waals surface area contributed by atoms with Gasteiger partial charge in [0.25, 0.3) is 0 Å². The Bertz CT molecular complexity index is 667. The van der Waals surface area contributed by atoms with E-state index in [9.17, 15) is 4.79 Å². The van der Waals surface area contributed by atoms with E-state index < -0.39 is 0 Å². The van der Waals surface area contributed by atoms with Crippen LogP contribution in [0.3, 0.4) is 0 Å². The fourth-order valence-electron chi connectivity index (χ4n) is 3.33. The summed E-state index contributed by atoms with van der Waals surface area (Å²) in [5.74, 6) is 0.914. The van der Waals surface area contributed by atoms with E-state index in [-0.39, 0.29) is 11.8 Å². The summed E-state index contributed by atoms with van der Waals surface area (Å²) in [7, 11) is 0. The molecule has 0 radical (unpaired) electrons. The molecule has 4 nitrogen and oxygen atoms in total. The van der Waals surface area contributed by atoms with Crippen LogP contribution in [-0.2, 0) is 11.3 Å². The normalized spacial score (nSPS) is 20.2. The molecule has 0 spiro atoms. The number of benzene rings is 1. The summed E-state index contributed by atoms with van der Waals surface area (Å²) < 4.78 is 0. The number of nitrogens with zero attached hydrogens (tertiary/aromatic N) is 1. The maximum Gasteiger partial charge on any atom is 0.227 e. The van der Waals surface area contributed by atoms with Gasteiger partial charge in [-0.15, -0.1) is 0 Å². The molecule has 0 aliphatic heterocycles. The molecule has 1 saturated carbocycles. The molecule has 0 atom stereocenters. The van der Waals surface area contributed by atoms with Crippen LogP contribution >= 0.6 is 11.6 Å². The molecule has 25 heavy (non-hydrogen) atoms. The standard InChI is InChI=1S/C20H24ClN3O/c21-18-7-3-16(4-8-18)14-23-13-15-1-5-17(6-2-15)20(25)24-19-9-11-22-12-10-19/h3-4,7-12,15,17,23H,1-2,5-6,13-14H2,(H,22,24,25). The third-order valence-electron chi connectivity index (χ3n) is 4.84. The summed E-state index contributed by atoms with van der Waals surface area (Å²) in [6.45, 7) is 1.86. The van der Waals surface area contributed by atoms with Gasteiger partial charge in [-0.3, -0.25) is 9.78 Å². The number of aromatic nitrogens is 1. The molecule has 1 aromatic carbocycles. The van der Waals surface area contributed by atoms with Gasteiger partial charge in [0.05, 0.1) is 0 Å². The van der Waals surface area contributed by atoms with Gasteiger partial charge in [0.15, 0.2) is 0 Å². The largest absolute Gasteiger partial charge is 0.326 e. The van der Waals surface area contributed by atoms with E-state index in [4.69, 9.17) is 11.6 Å². The van der Waals surface area contributed by atoms with Crippen molar-refractivity contribution >= 4 is 23.2 Å². The second-order valence-corrected chi connectivity index (χ2v) is 7.14. The Balaban J connectivity index is 1.37. The van der Waals surface area contributed by atoms with Gasteiger partial charge in [0.1, 0.15) is 0 Å². The number of anilines is 1. The van der Waals surface area contributed by atoms with Gasteiger partial charge < -0.3 is 10.6 Å². The van der Waals surface area contributed by atoms with E-state index >= 15 is 0 Å². The van der Waals surface area contributed by atoms with E-state index in [0.717, 1.165) is 49.5 Å². The maximum absolute atomic E-state index is 12.3. The van der Waals surface area contributed by atoms with Crippen LogP contribution in [0.15, 0.2) is 48.8 Å². The Morgan fingerprint density at radius 2 is 1.72 bits per heavy atom. The van der Waals surface area contributed by atoms with Gasteiger partial charge in [0.2, 0.25) is 5.91 Å². The van der Waals surface area contributed by atoms with Gasteiger partial charge in [-0.1, -0.05) is 23.7 Å². The van der Waals surface area contributed by atoms with Crippen molar-refractivity contribution in [3.63, 3.8) is 0 Å². The third-order valence-corrected chi connectivity index (χ3v) is 5.09. The number of nitrogens with one attached hydrogen (secondary N) is 2. The third kappa shape index (κ3) is 5.55. The first-order chi connectivity index (χ1) is 12.2. The van der Waals surface area contributed by atoms with Crippen molar-refractivity contribution in [3.8, 4) is 0 Å². The van der Waals surface area contributed by atoms with Crippen molar-refractivity contribution in [3.05, 3.63) is 59.4 Å². The fraction of sp³-hybridized carbons (Fsp3) is 0.400. The first kappa shape index (κ1) is 17.9. The highest BCUT2D eigenvalue weighted by Crippen LogP contribution is 2.29. The van der Waals surface area contributed by atoms with Crippen molar-refractivity contribution < 1.29 is 4.79 Å². The molecule has 0 saturated heterocycles. The van der Waals surface area contributed by atoms with E-state index in [0.29, 0.717) is 5.92 Å². The minimum Gasteiger partial charge on any atom is -0.326 e. The summed E-state index contributed by atoms with van der Waals surface area (Å²) in [5, 5.41) is 7.28. The number of carbonyl (C=O) groups is 1. The summed E-state index contributed by atoms with van der Waals surface area (Å²) in [4.78, 5) is 16.3. The summed E-state index contributed by atoms with van der Waals surface area (Å²) in [5.41, 5.74) is 2.07. The SMILES string of the molecule is O=C(Nc1ccncc1)C1CCC(CNCc2ccc(Cl)cc2)CC1. The number of rotatable bonds is 6. The molecule has 1 heterocycles. The predicted molar refractivity (Wildman–Crippen MR) is 101 cm³/mol. The zero-order chi connectivity index (χ0) is 17.5. The molecule has 2 aromatic rings. The molecular weight excluding hydrogens is 334 g/mol. The van der Waals surface area contributed by atoms with Crippen molar-refractivity contribution in [1.82, 2.24) is 10.3 Å². The second kappa shape index (κ2) is 8.97. The number of halogens is 1. The van der Waals surface area contributed by atoms with Crippen LogP contribution < -0.4 is 10.6 Å². The first-order valence-electron chi connectivity index (χ1n) is 8.87. The molecule has 1 fully saturated rings. The van der Waals surface area contributed by atoms with E-state index in [1.54, 1.807) is 12.4 Å². The molecule has 5 heteroatoms. The monoisotopic (exact) mass is 357 g/mol. The predicted octanol–water partition coefficient (Wildman–Crippen LogP) is 4.27. The zero-order valence-corrected chi connectivity index (χ0v) is 15.0. The molecule has 1 aliphatic carbocycles. The Morgan fingerprint density at radius 3 is 2.40 bits per heavy atom. The lowest BCUT2D eigenvalue weighted by atomic mass is 9.81. The lowest BCUT2D eigenvalue weighted by Crippen LogP contribution is -2.31. The molecule has 132 valence electrons. The summed E-state index contributed by atoms with van der Waals surface area (Å²) in [6.07, 6.45) is 7.51. The smallest absolute Gasteiger partial charge is 0.227 e. The van der Waals surface area contributed by atoms with Gasteiger partial charge in [0, 0.05) is 35.6 Å². The Morgan fingerprint density at radius 1 is 1.04 bits per heavy atom. The van der Waals surface area contributed by atoms with Crippen LogP contribution in [0.4, 0.5) is 5.69 Å². The summed E-state index contributed by atoms with van der Waals surface area (Å²) in [6, 6.07) is 11.6. The van der Waals surface area contributed by atoms with E-state index in [1.165, 1.54) is 5.56 Å². The van der Waals surface area contributed by atoms with E-state index in [2.05, 4.69) is 27.8 Å². The van der Waals surface area contributed by atoms with Gasteiger partial charge in [-0.05, 0) is 68.0 Å². The van der Waals surface area contributed by atoms with E-state index in [1.807, 2.05) is 24.3 Å². The van der Waals surface area contributed by atoms with Gasteiger partial charge in [-0.25, -0.2) is 0 Å². The zero-order valence-electron chi connectivity index (χ0n) is 14.2.